The van der Waals surface area contributed by atoms with Gasteiger partial charge in [-0.2, -0.15) is 0 Å². The molecule has 0 radical (unpaired) electrons. The van der Waals surface area contributed by atoms with Crippen molar-refractivity contribution in [2.75, 3.05) is 0 Å². The first-order valence-corrected chi connectivity index (χ1v) is 5.14. The number of nitrogens with zero attached hydrogens (tertiary/aromatic N) is 2. The Morgan fingerprint density at radius 2 is 1.69 bits per heavy atom. The second-order valence-electron chi connectivity index (χ2n) is 5.02. The maximum Gasteiger partial charge on any atom is 0.335 e. The van der Waals surface area contributed by atoms with Gasteiger partial charge in [-0.05, 0) is 12.3 Å². The first kappa shape index (κ1) is 12.5. The minimum absolute atomic E-state index is 0.264. The van der Waals surface area contributed by atoms with Crippen LogP contribution in [0, 0.1) is 5.41 Å². The van der Waals surface area contributed by atoms with Gasteiger partial charge in [0, 0.05) is 12.4 Å². The summed E-state index contributed by atoms with van der Waals surface area (Å²) in [6, 6.07) is -0.396. The second kappa shape index (κ2) is 3.47. The average Bonchev–Trinajstić information content (AvgIpc) is 2.35. The van der Waals surface area contributed by atoms with E-state index in [-0.39, 0.29) is 11.3 Å². The van der Waals surface area contributed by atoms with Gasteiger partial charge < -0.3 is 0 Å². The summed E-state index contributed by atoms with van der Waals surface area (Å²) in [6.45, 7) is 14.6. The van der Waals surface area contributed by atoms with Gasteiger partial charge in [-0.1, -0.05) is 33.9 Å². The van der Waals surface area contributed by atoms with Crippen LogP contribution in [-0.2, 0) is 4.79 Å². The van der Waals surface area contributed by atoms with Crippen molar-refractivity contribution in [2.24, 2.45) is 5.41 Å². The zero-order valence-electron chi connectivity index (χ0n) is 10.3. The lowest BCUT2D eigenvalue weighted by Crippen LogP contribution is -2.54. The zero-order chi connectivity index (χ0) is 12.7. The van der Waals surface area contributed by atoms with Crippen LogP contribution in [0.4, 0.5) is 4.79 Å². The number of rotatable bonds is 2. The smallest absolute Gasteiger partial charge is 0.285 e. The van der Waals surface area contributed by atoms with Crippen LogP contribution in [0.25, 0.3) is 0 Å². The van der Waals surface area contributed by atoms with Crippen LogP contribution in [0.15, 0.2) is 25.6 Å². The molecular weight excluding hydrogens is 204 g/mol. The van der Waals surface area contributed by atoms with E-state index < -0.39 is 11.6 Å². The summed E-state index contributed by atoms with van der Waals surface area (Å²) in [5, 5.41) is 0. The average molecular weight is 222 g/mol. The summed E-state index contributed by atoms with van der Waals surface area (Å²) < 4.78 is 0. The van der Waals surface area contributed by atoms with E-state index in [4.69, 9.17) is 0 Å². The predicted octanol–water partition coefficient (Wildman–Crippen LogP) is 2.34. The SMILES string of the molecule is C=CN1C(=O)N(C=C)C(C)(C(C)(C)C)C1=O. The molecule has 4 heteroatoms. The van der Waals surface area contributed by atoms with E-state index >= 15 is 0 Å². The lowest BCUT2D eigenvalue weighted by atomic mass is 9.74. The molecule has 0 spiro atoms. The van der Waals surface area contributed by atoms with E-state index in [1.807, 2.05) is 20.8 Å². The molecule has 0 aliphatic carbocycles. The molecule has 88 valence electrons. The van der Waals surface area contributed by atoms with Crippen molar-refractivity contribution in [3.8, 4) is 0 Å². The topological polar surface area (TPSA) is 40.6 Å². The molecular formula is C12H18N2O2. The molecule has 3 amide bonds. The Hall–Kier alpha value is -1.58. The standard InChI is InChI=1S/C12H18N2O2/c1-7-13-9(15)12(6,11(3,4)5)14(8-2)10(13)16/h7-8H,1-2H2,3-6H3. The molecule has 0 saturated carbocycles. The van der Waals surface area contributed by atoms with E-state index in [0.717, 1.165) is 4.90 Å². The third kappa shape index (κ3) is 1.29. The molecule has 0 aromatic carbocycles. The highest BCUT2D eigenvalue weighted by molar-refractivity contribution is 6.08. The second-order valence-corrected chi connectivity index (χ2v) is 5.02. The van der Waals surface area contributed by atoms with Crippen LogP contribution < -0.4 is 0 Å². The van der Waals surface area contributed by atoms with E-state index in [1.165, 1.54) is 17.3 Å². The molecule has 1 unspecified atom stereocenters. The highest BCUT2D eigenvalue weighted by Crippen LogP contribution is 2.42. The zero-order valence-corrected chi connectivity index (χ0v) is 10.3. The number of amides is 3. The largest absolute Gasteiger partial charge is 0.335 e. The Labute approximate surface area is 96.2 Å². The Balaban J connectivity index is 3.39. The fourth-order valence-electron chi connectivity index (χ4n) is 1.84. The fraction of sp³-hybridized carbons (Fsp3) is 0.500. The summed E-state index contributed by atoms with van der Waals surface area (Å²) in [5.74, 6) is -0.264. The van der Waals surface area contributed by atoms with Gasteiger partial charge in [-0.25, -0.2) is 9.69 Å². The van der Waals surface area contributed by atoms with Gasteiger partial charge in [0.05, 0.1) is 0 Å². The molecule has 0 bridgehead atoms. The van der Waals surface area contributed by atoms with Crippen molar-refractivity contribution >= 4 is 11.9 Å². The molecule has 1 atom stereocenters. The molecule has 1 aliphatic heterocycles. The van der Waals surface area contributed by atoms with Crippen LogP contribution in [0.5, 0.6) is 0 Å². The van der Waals surface area contributed by atoms with Crippen molar-refractivity contribution < 1.29 is 9.59 Å². The highest BCUT2D eigenvalue weighted by atomic mass is 16.2. The third-order valence-electron chi connectivity index (χ3n) is 3.35. The van der Waals surface area contributed by atoms with E-state index in [9.17, 15) is 9.59 Å². The van der Waals surface area contributed by atoms with Crippen LogP contribution in [-0.4, -0.2) is 27.3 Å². The van der Waals surface area contributed by atoms with E-state index in [1.54, 1.807) is 6.92 Å². The summed E-state index contributed by atoms with van der Waals surface area (Å²) in [7, 11) is 0. The number of hydrogen-bond acceptors (Lipinski definition) is 2. The van der Waals surface area contributed by atoms with Crippen molar-refractivity contribution in [1.82, 2.24) is 9.80 Å². The molecule has 0 aromatic heterocycles. The first-order valence-electron chi connectivity index (χ1n) is 5.14. The molecule has 0 aromatic rings. The van der Waals surface area contributed by atoms with E-state index in [2.05, 4.69) is 13.2 Å². The van der Waals surface area contributed by atoms with Crippen LogP contribution >= 0.6 is 0 Å². The Morgan fingerprint density at radius 3 is 1.94 bits per heavy atom. The number of urea groups is 1. The lowest BCUT2D eigenvalue weighted by Gasteiger charge is -2.40. The van der Waals surface area contributed by atoms with Crippen molar-refractivity contribution in [3.63, 3.8) is 0 Å². The van der Waals surface area contributed by atoms with Gasteiger partial charge in [-0.3, -0.25) is 9.69 Å². The molecule has 1 fully saturated rings. The van der Waals surface area contributed by atoms with Gasteiger partial charge in [0.1, 0.15) is 5.54 Å². The predicted molar refractivity (Wildman–Crippen MR) is 62.3 cm³/mol. The molecule has 0 N–H and O–H groups in total. The van der Waals surface area contributed by atoms with Gasteiger partial charge in [0.15, 0.2) is 0 Å². The number of imide groups is 1. The molecule has 1 rings (SSSR count). The van der Waals surface area contributed by atoms with Crippen LogP contribution in [0.3, 0.4) is 0 Å². The Morgan fingerprint density at radius 1 is 1.19 bits per heavy atom. The van der Waals surface area contributed by atoms with Gasteiger partial charge >= 0.3 is 6.03 Å². The molecule has 1 heterocycles. The first-order chi connectivity index (χ1) is 7.21. The summed E-state index contributed by atoms with van der Waals surface area (Å²) in [6.07, 6.45) is 2.65. The summed E-state index contributed by atoms with van der Waals surface area (Å²) in [4.78, 5) is 26.6. The van der Waals surface area contributed by atoms with E-state index in [0.29, 0.717) is 0 Å². The fourth-order valence-corrected chi connectivity index (χ4v) is 1.84. The van der Waals surface area contributed by atoms with Crippen molar-refractivity contribution in [1.29, 1.82) is 0 Å². The van der Waals surface area contributed by atoms with Crippen molar-refractivity contribution in [3.05, 3.63) is 25.6 Å². The number of hydrogen-bond donors (Lipinski definition) is 0. The maximum absolute atomic E-state index is 12.2. The lowest BCUT2D eigenvalue weighted by molar-refractivity contribution is -0.134. The van der Waals surface area contributed by atoms with Gasteiger partial charge in [0.25, 0.3) is 5.91 Å². The summed E-state index contributed by atoms with van der Waals surface area (Å²) in [5.41, 5.74) is -1.30. The quantitative estimate of drug-likeness (QED) is 0.673. The minimum atomic E-state index is -0.917. The van der Waals surface area contributed by atoms with Crippen LogP contribution in [0.1, 0.15) is 27.7 Å². The van der Waals surface area contributed by atoms with Gasteiger partial charge in [-0.15, -0.1) is 0 Å². The Kier molecular flexibility index (Phi) is 2.71. The monoisotopic (exact) mass is 222 g/mol. The van der Waals surface area contributed by atoms with Crippen LogP contribution in [0.2, 0.25) is 0 Å². The highest BCUT2D eigenvalue weighted by Gasteiger charge is 2.58. The van der Waals surface area contributed by atoms with Crippen molar-refractivity contribution in [2.45, 2.75) is 33.2 Å². The molecule has 1 saturated heterocycles. The third-order valence-corrected chi connectivity index (χ3v) is 3.35. The molecule has 16 heavy (non-hydrogen) atoms. The minimum Gasteiger partial charge on any atom is -0.285 e. The maximum atomic E-state index is 12.2. The molecule has 1 aliphatic rings. The Bertz CT molecular complexity index is 368. The molecule has 4 nitrogen and oxygen atoms in total. The number of carbonyl (C=O) groups excluding carboxylic acids is 2. The normalized spacial score (nSPS) is 26.2. The number of carbonyl (C=O) groups is 2. The van der Waals surface area contributed by atoms with Gasteiger partial charge in [0.2, 0.25) is 0 Å². The summed E-state index contributed by atoms with van der Waals surface area (Å²) >= 11 is 0.